The van der Waals surface area contributed by atoms with E-state index in [1.165, 1.54) is 20.8 Å². The quantitative estimate of drug-likeness (QED) is 0.0280. The smallest absolute Gasteiger partial charge is 0.306 e. The van der Waals surface area contributed by atoms with E-state index in [1.54, 1.807) is 0 Å². The third kappa shape index (κ3) is 53.2. The average molecular weight is 1970 g/mol. The Hall–Kier alpha value is -10.3. The molecule has 46 heteroatoms. The van der Waals surface area contributed by atoms with Gasteiger partial charge in [-0.2, -0.15) is 0 Å². The van der Waals surface area contributed by atoms with Gasteiger partial charge in [0.25, 0.3) is 0 Å². The minimum atomic E-state index is -1.46. The zero-order valence-electron chi connectivity index (χ0n) is 81.5. The fourth-order valence-electron chi connectivity index (χ4n) is 14.5. The number of unbranched alkanes of at least 4 members (excludes halogenated alkanes) is 7. The molecule has 3 heterocycles. The van der Waals surface area contributed by atoms with Gasteiger partial charge < -0.3 is 141 Å². The molecule has 3 fully saturated rings. The number of amides is 7. The predicted molar refractivity (Wildman–Crippen MR) is 479 cm³/mol. The van der Waals surface area contributed by atoms with Crippen molar-refractivity contribution in [2.45, 2.75) is 309 Å². The highest BCUT2D eigenvalue weighted by Gasteiger charge is 2.55. The molecule has 15 atom stereocenters. The van der Waals surface area contributed by atoms with Gasteiger partial charge in [0.05, 0.1) is 59.5 Å². The summed E-state index contributed by atoms with van der Waals surface area (Å²) in [4.78, 5) is 212. The van der Waals surface area contributed by atoms with E-state index in [0.29, 0.717) is 57.8 Å². The fraction of sp³-hybridized carbons (Fsp3) is 0.750. The first-order chi connectivity index (χ1) is 65.9. The molecule has 1 aromatic rings. The molecule has 782 valence electrons. The highest BCUT2D eigenvalue weighted by molar-refractivity contribution is 5.79. The molecule has 0 radical (unpaired) electrons. The number of esters is 10. The Morgan fingerprint density at radius 3 is 0.877 bits per heavy atom. The van der Waals surface area contributed by atoms with Crippen LogP contribution in [0.15, 0.2) is 30.3 Å². The van der Waals surface area contributed by atoms with E-state index < -0.39 is 189 Å². The molecular formula is C92H145N7O39. The van der Waals surface area contributed by atoms with E-state index in [9.17, 15) is 81.5 Å². The van der Waals surface area contributed by atoms with Gasteiger partial charge in [0.1, 0.15) is 68.4 Å². The van der Waals surface area contributed by atoms with Crippen LogP contribution < -0.4 is 37.2 Å². The normalized spacial score (nSPS) is 21.4. The summed E-state index contributed by atoms with van der Waals surface area (Å²) in [5, 5.41) is 19.5. The second kappa shape index (κ2) is 69.5. The first kappa shape index (κ1) is 120. The number of ether oxygens (including phenoxy) is 22. The summed E-state index contributed by atoms with van der Waals surface area (Å²) in [6.07, 6.45) is -6.61. The van der Waals surface area contributed by atoms with Crippen molar-refractivity contribution < 1.29 is 186 Å². The third-order valence-corrected chi connectivity index (χ3v) is 20.5. The van der Waals surface area contributed by atoms with E-state index in [2.05, 4.69) is 37.2 Å². The largest absolute Gasteiger partial charge is 0.463 e. The molecule has 0 saturated carbocycles. The van der Waals surface area contributed by atoms with E-state index in [-0.39, 0.29) is 181 Å². The minimum Gasteiger partial charge on any atom is -0.463 e. The molecule has 1 aromatic carbocycles. The number of carbonyl (C=O) groups is 17. The van der Waals surface area contributed by atoms with Gasteiger partial charge in [0.2, 0.25) is 41.4 Å². The van der Waals surface area contributed by atoms with Gasteiger partial charge in [0.15, 0.2) is 55.5 Å². The first-order valence-corrected chi connectivity index (χ1v) is 46.8. The van der Waals surface area contributed by atoms with Crippen LogP contribution in [0.2, 0.25) is 0 Å². The lowest BCUT2D eigenvalue weighted by Crippen LogP contribution is -2.66. The number of rotatable bonds is 71. The summed E-state index contributed by atoms with van der Waals surface area (Å²) in [5.41, 5.74) is -0.543. The number of benzene rings is 1. The molecule has 15 unspecified atom stereocenters. The van der Waals surface area contributed by atoms with Crippen LogP contribution in [0.1, 0.15) is 211 Å². The Balaban J connectivity index is 1.40. The van der Waals surface area contributed by atoms with Crippen LogP contribution in [0.25, 0.3) is 0 Å². The minimum absolute atomic E-state index is 0.000957. The summed E-state index contributed by atoms with van der Waals surface area (Å²) in [6, 6.07) is 5.97. The van der Waals surface area contributed by atoms with Crippen LogP contribution in [0.5, 0.6) is 0 Å². The lowest BCUT2D eigenvalue weighted by atomic mass is 9.96. The van der Waals surface area contributed by atoms with Crippen LogP contribution >= 0.6 is 0 Å². The molecule has 0 aliphatic carbocycles. The highest BCUT2D eigenvalue weighted by Crippen LogP contribution is 2.32. The van der Waals surface area contributed by atoms with E-state index in [0.717, 1.165) is 106 Å². The zero-order valence-corrected chi connectivity index (χ0v) is 81.5. The van der Waals surface area contributed by atoms with Crippen molar-refractivity contribution in [3.8, 4) is 0 Å². The Labute approximate surface area is 804 Å². The summed E-state index contributed by atoms with van der Waals surface area (Å²) in [5.74, 6) is -9.95. The van der Waals surface area contributed by atoms with E-state index in [1.807, 2.05) is 30.3 Å². The van der Waals surface area contributed by atoms with Crippen LogP contribution in [0, 0.1) is 0 Å². The molecule has 0 spiro atoms. The Morgan fingerprint density at radius 1 is 0.290 bits per heavy atom. The topological polar surface area (TPSA) is 577 Å². The molecule has 3 aliphatic rings. The van der Waals surface area contributed by atoms with Crippen LogP contribution in [0.3, 0.4) is 0 Å². The monoisotopic (exact) mass is 1970 g/mol. The summed E-state index contributed by atoms with van der Waals surface area (Å²) in [7, 11) is 0. The van der Waals surface area contributed by atoms with Gasteiger partial charge in [-0.3, -0.25) is 81.5 Å². The maximum Gasteiger partial charge on any atom is 0.306 e. The van der Waals surface area contributed by atoms with Crippen molar-refractivity contribution in [3.05, 3.63) is 35.9 Å². The van der Waals surface area contributed by atoms with Crippen molar-refractivity contribution in [2.75, 3.05) is 139 Å². The van der Waals surface area contributed by atoms with Crippen LogP contribution in [-0.2, 0) is 192 Å². The lowest BCUT2D eigenvalue weighted by molar-refractivity contribution is -0.278. The molecule has 138 heavy (non-hydrogen) atoms. The van der Waals surface area contributed by atoms with Crippen molar-refractivity contribution >= 4 is 101 Å². The summed E-state index contributed by atoms with van der Waals surface area (Å²) in [6.45, 7) is 13.5. The van der Waals surface area contributed by atoms with Gasteiger partial charge in [-0.25, -0.2) is 0 Å². The summed E-state index contributed by atoms with van der Waals surface area (Å²) < 4.78 is 126. The second-order valence-corrected chi connectivity index (χ2v) is 33.0. The van der Waals surface area contributed by atoms with Crippen molar-refractivity contribution in [3.63, 3.8) is 0 Å². The standard InChI is InChI=1S/C92H145N7O39/c1-59(100)96-80-86(133-68(10)109)83(130-65(7)106)72(53-126-62(4)103)136-89(80)123-46-27-43-117-40-24-37-93-75(112)34-49-120-56-92(99-78(115)32-22-17-15-13-14-16-18-23-33-79(116)129-52-71-30-20-19-21-31-71,57-121-50-35-76(113)94-38-25-41-118-44-28-47-124-90-81(97-60(2)101)87(134-69(11)110)84(131-66(8)107)73(137-90)54-127-63(5)104)58-122-51-36-77(114)95-39-26-42-119-45-29-48-125-91-82(98-61(3)102)88(135-70(12)111)85(132-67(9)108)74(138-91)55-128-64(6)105/h19-21,30-31,72-74,80-91H,13-18,22-29,32-58H2,1-12H3,(H,93,112)(H,94,113)(H,95,114)(H,96,100)(H,97,101)(H,98,102)(H,99,115). The third-order valence-electron chi connectivity index (χ3n) is 20.5. The highest BCUT2D eigenvalue weighted by atomic mass is 16.7. The molecule has 46 nitrogen and oxygen atoms in total. The van der Waals surface area contributed by atoms with Crippen molar-refractivity contribution in [1.29, 1.82) is 0 Å². The van der Waals surface area contributed by atoms with Gasteiger partial charge in [-0.05, 0) is 56.9 Å². The number of carbonyl (C=O) groups excluding carboxylic acids is 17. The molecule has 3 saturated heterocycles. The van der Waals surface area contributed by atoms with Gasteiger partial charge >= 0.3 is 59.7 Å². The maximum atomic E-state index is 14.2. The fourth-order valence-corrected chi connectivity index (χ4v) is 14.5. The zero-order chi connectivity index (χ0) is 102. The maximum absolute atomic E-state index is 14.2. The van der Waals surface area contributed by atoms with E-state index in [4.69, 9.17) is 104 Å². The Kier molecular flexibility index (Phi) is 60.5. The van der Waals surface area contributed by atoms with Gasteiger partial charge in [-0.1, -0.05) is 68.9 Å². The number of nitrogens with one attached hydrogen (secondary N) is 7. The Bertz CT molecular complexity index is 3570. The van der Waals surface area contributed by atoms with Crippen molar-refractivity contribution in [1.82, 2.24) is 37.2 Å². The SMILES string of the molecule is CC(=O)NC1C(OCCCOCCCNC(=O)CCOCC(COCCC(=O)NCCCOCCCOC2OC(COC(C)=O)C(OC(C)=O)C(OC(C)=O)C2NC(C)=O)(COCCC(=O)NCCCOCCCOC2OC(COC(C)=O)C(OC(C)=O)C(OC(C)=O)C2NC(C)=O)NC(=O)CCCCCCCCCCC(=O)OCc2ccccc2)OC(COC(C)=O)C(OC(C)=O)C1OC(C)=O. The second-order valence-electron chi connectivity index (χ2n) is 33.0. The number of hydrogen-bond donors (Lipinski definition) is 7. The first-order valence-electron chi connectivity index (χ1n) is 46.8. The molecule has 0 aromatic heterocycles. The van der Waals surface area contributed by atoms with Crippen LogP contribution in [0.4, 0.5) is 0 Å². The van der Waals surface area contributed by atoms with Gasteiger partial charge in [-0.15, -0.1) is 0 Å². The molecular weight excluding hydrogens is 1830 g/mol. The molecule has 3 aliphatic heterocycles. The summed E-state index contributed by atoms with van der Waals surface area (Å²) >= 11 is 0. The lowest BCUT2D eigenvalue weighted by Gasteiger charge is -2.44. The van der Waals surface area contributed by atoms with Gasteiger partial charge in [0, 0.05) is 174 Å². The van der Waals surface area contributed by atoms with Crippen LogP contribution in [-0.4, -0.2) is 337 Å². The number of hydrogen-bond acceptors (Lipinski definition) is 39. The Morgan fingerprint density at radius 2 is 0.580 bits per heavy atom. The molecule has 0 bridgehead atoms. The molecule has 7 N–H and O–H groups in total. The predicted octanol–water partition coefficient (Wildman–Crippen LogP) is 2.46. The average Bonchev–Trinajstić information content (AvgIpc) is 0.793. The van der Waals surface area contributed by atoms with Crippen molar-refractivity contribution in [2.24, 2.45) is 0 Å². The molecule has 4 rings (SSSR count). The molecule has 7 amide bonds. The van der Waals surface area contributed by atoms with E-state index >= 15 is 0 Å².